The highest BCUT2D eigenvalue weighted by atomic mass is 15.1. The van der Waals surface area contributed by atoms with Crippen molar-refractivity contribution in [1.29, 1.82) is 0 Å². The summed E-state index contributed by atoms with van der Waals surface area (Å²) < 4.78 is 0. The number of benzene rings is 4. The summed E-state index contributed by atoms with van der Waals surface area (Å²) >= 11 is 0. The van der Waals surface area contributed by atoms with E-state index in [9.17, 15) is 0 Å². The average molecular weight is 500 g/mol. The van der Waals surface area contributed by atoms with Crippen LogP contribution in [0.2, 0.25) is 0 Å². The van der Waals surface area contributed by atoms with Crippen LogP contribution in [0.5, 0.6) is 0 Å². The molecule has 1 nitrogen and oxygen atoms in total. The van der Waals surface area contributed by atoms with E-state index in [4.69, 9.17) is 0 Å². The molecule has 0 saturated carbocycles. The fourth-order valence-corrected chi connectivity index (χ4v) is 4.50. The molecule has 4 rings (SSSR count). The molecule has 0 fully saturated rings. The molecule has 0 atom stereocenters. The fourth-order valence-electron chi connectivity index (χ4n) is 4.50. The van der Waals surface area contributed by atoms with Gasteiger partial charge in [0.15, 0.2) is 0 Å². The molecular weight excluding hydrogens is 458 g/mol. The number of nitrogens with zero attached hydrogens (tertiary/aromatic N) is 1. The summed E-state index contributed by atoms with van der Waals surface area (Å²) in [6.07, 6.45) is 16.1. The van der Waals surface area contributed by atoms with Gasteiger partial charge < -0.3 is 4.90 Å². The fraction of sp³-hybridized carbons (Fsp3) is 0.243. The molecular formula is C37H41N. The first kappa shape index (κ1) is 27.2. The Kier molecular flexibility index (Phi) is 10.2. The van der Waals surface area contributed by atoms with Gasteiger partial charge in [-0.05, 0) is 83.3 Å². The first-order valence-electron chi connectivity index (χ1n) is 14.1. The van der Waals surface area contributed by atoms with E-state index in [1.165, 1.54) is 83.3 Å². The standard InChI is InChI=1S/C37H41N/c1-4-6-8-30-10-14-32(15-11-30)18-20-34-22-26-36(27-23-34)38(3)37-28-24-35(25-29-37)21-19-33-16-12-31(13-17-33)9-7-5-2/h10-29H,4-9H2,1-3H3/b20-18+,21-19+. The second-order valence-electron chi connectivity index (χ2n) is 10.1. The second-order valence-corrected chi connectivity index (χ2v) is 10.1. The largest absolute Gasteiger partial charge is 0.345 e. The predicted molar refractivity (Wildman–Crippen MR) is 169 cm³/mol. The van der Waals surface area contributed by atoms with Crippen molar-refractivity contribution in [2.45, 2.75) is 52.4 Å². The predicted octanol–water partition coefficient (Wildman–Crippen LogP) is 10.5. The number of aryl methyl sites for hydroxylation is 2. The smallest absolute Gasteiger partial charge is 0.0408 e. The molecule has 4 aromatic rings. The van der Waals surface area contributed by atoms with Gasteiger partial charge in [-0.15, -0.1) is 0 Å². The van der Waals surface area contributed by atoms with Gasteiger partial charge in [-0.25, -0.2) is 0 Å². The molecule has 4 aromatic carbocycles. The molecule has 0 spiro atoms. The number of hydrogen-bond donors (Lipinski definition) is 0. The minimum atomic E-state index is 1.17. The molecule has 0 aliphatic rings. The number of unbranched alkanes of at least 4 members (excludes halogenated alkanes) is 2. The second kappa shape index (κ2) is 14.2. The Morgan fingerprint density at radius 3 is 1.03 bits per heavy atom. The average Bonchev–Trinajstić information content (AvgIpc) is 2.98. The third-order valence-electron chi connectivity index (χ3n) is 7.09. The number of anilines is 2. The van der Waals surface area contributed by atoms with Crippen molar-refractivity contribution in [3.63, 3.8) is 0 Å². The molecule has 1 heteroatoms. The quantitative estimate of drug-likeness (QED) is 0.175. The van der Waals surface area contributed by atoms with Crippen molar-refractivity contribution in [2.24, 2.45) is 0 Å². The number of rotatable bonds is 12. The van der Waals surface area contributed by atoms with Crippen LogP contribution in [-0.4, -0.2) is 7.05 Å². The highest BCUT2D eigenvalue weighted by Gasteiger charge is 2.04. The molecule has 0 aromatic heterocycles. The lowest BCUT2D eigenvalue weighted by atomic mass is 10.1. The van der Waals surface area contributed by atoms with E-state index in [-0.39, 0.29) is 0 Å². The maximum Gasteiger partial charge on any atom is 0.0408 e. The van der Waals surface area contributed by atoms with E-state index in [1.54, 1.807) is 0 Å². The van der Waals surface area contributed by atoms with E-state index in [0.29, 0.717) is 0 Å². The van der Waals surface area contributed by atoms with Crippen LogP contribution in [0.25, 0.3) is 24.3 Å². The van der Waals surface area contributed by atoms with Crippen molar-refractivity contribution in [3.05, 3.63) is 130 Å². The van der Waals surface area contributed by atoms with Gasteiger partial charge in [-0.1, -0.05) is 124 Å². The first-order chi connectivity index (χ1) is 18.6. The molecule has 0 unspecified atom stereocenters. The molecule has 0 saturated heterocycles. The van der Waals surface area contributed by atoms with Crippen LogP contribution in [0.3, 0.4) is 0 Å². The molecule has 0 amide bonds. The van der Waals surface area contributed by atoms with Crippen molar-refractivity contribution < 1.29 is 0 Å². The van der Waals surface area contributed by atoms with Gasteiger partial charge in [0.05, 0.1) is 0 Å². The molecule has 194 valence electrons. The van der Waals surface area contributed by atoms with Crippen LogP contribution < -0.4 is 4.90 Å². The third-order valence-corrected chi connectivity index (χ3v) is 7.09. The molecule has 0 N–H and O–H groups in total. The van der Waals surface area contributed by atoms with Crippen molar-refractivity contribution in [2.75, 3.05) is 11.9 Å². The Morgan fingerprint density at radius 2 is 0.737 bits per heavy atom. The maximum atomic E-state index is 2.25. The third kappa shape index (κ3) is 8.08. The van der Waals surface area contributed by atoms with Gasteiger partial charge in [0, 0.05) is 18.4 Å². The summed E-state index contributed by atoms with van der Waals surface area (Å²) in [7, 11) is 2.12. The molecule has 38 heavy (non-hydrogen) atoms. The minimum Gasteiger partial charge on any atom is -0.345 e. The Morgan fingerprint density at radius 1 is 0.447 bits per heavy atom. The summed E-state index contributed by atoms with van der Waals surface area (Å²) in [6, 6.07) is 35.3. The van der Waals surface area contributed by atoms with Gasteiger partial charge in [0.1, 0.15) is 0 Å². The zero-order valence-corrected chi connectivity index (χ0v) is 23.2. The van der Waals surface area contributed by atoms with Gasteiger partial charge in [0.25, 0.3) is 0 Å². The van der Waals surface area contributed by atoms with Crippen LogP contribution in [-0.2, 0) is 12.8 Å². The minimum absolute atomic E-state index is 1.17. The van der Waals surface area contributed by atoms with Crippen LogP contribution >= 0.6 is 0 Å². The van der Waals surface area contributed by atoms with Crippen molar-refractivity contribution >= 4 is 35.7 Å². The summed E-state index contributed by atoms with van der Waals surface area (Å²) in [4.78, 5) is 2.23. The first-order valence-corrected chi connectivity index (χ1v) is 14.1. The summed E-state index contributed by atoms with van der Waals surface area (Å²) in [5.74, 6) is 0. The lowest BCUT2D eigenvalue weighted by molar-refractivity contribution is 0.795. The monoisotopic (exact) mass is 499 g/mol. The van der Waals surface area contributed by atoms with E-state index in [2.05, 4.69) is 147 Å². The van der Waals surface area contributed by atoms with Gasteiger partial charge in [-0.2, -0.15) is 0 Å². The van der Waals surface area contributed by atoms with E-state index >= 15 is 0 Å². The lowest BCUT2D eigenvalue weighted by Gasteiger charge is -2.20. The topological polar surface area (TPSA) is 3.24 Å². The molecule has 0 radical (unpaired) electrons. The van der Waals surface area contributed by atoms with E-state index in [1.807, 2.05) is 0 Å². The Balaban J connectivity index is 1.33. The number of hydrogen-bond acceptors (Lipinski definition) is 1. The zero-order chi connectivity index (χ0) is 26.6. The van der Waals surface area contributed by atoms with Crippen LogP contribution in [0.15, 0.2) is 97.1 Å². The Hall–Kier alpha value is -3.84. The maximum absolute atomic E-state index is 2.25. The SMILES string of the molecule is CCCCc1ccc(/C=C/c2ccc(N(C)c3ccc(/C=C/c4ccc(CCCC)cc4)cc3)cc2)cc1. The van der Waals surface area contributed by atoms with E-state index in [0.717, 1.165) is 0 Å². The Bertz CT molecular complexity index is 1190. The summed E-state index contributed by atoms with van der Waals surface area (Å²) in [5, 5.41) is 0. The van der Waals surface area contributed by atoms with Gasteiger partial charge >= 0.3 is 0 Å². The van der Waals surface area contributed by atoms with Crippen molar-refractivity contribution in [1.82, 2.24) is 0 Å². The summed E-state index contributed by atoms with van der Waals surface area (Å²) in [5.41, 5.74) is 10.1. The van der Waals surface area contributed by atoms with Crippen LogP contribution in [0, 0.1) is 0 Å². The molecule has 0 aliphatic carbocycles. The molecule has 0 bridgehead atoms. The van der Waals surface area contributed by atoms with E-state index < -0.39 is 0 Å². The van der Waals surface area contributed by atoms with Crippen LogP contribution in [0.4, 0.5) is 11.4 Å². The summed E-state index contributed by atoms with van der Waals surface area (Å²) in [6.45, 7) is 4.48. The highest BCUT2D eigenvalue weighted by Crippen LogP contribution is 2.25. The van der Waals surface area contributed by atoms with Gasteiger partial charge in [0.2, 0.25) is 0 Å². The zero-order valence-electron chi connectivity index (χ0n) is 23.2. The normalized spacial score (nSPS) is 11.4. The van der Waals surface area contributed by atoms with Gasteiger partial charge in [-0.3, -0.25) is 0 Å². The van der Waals surface area contributed by atoms with Crippen molar-refractivity contribution in [3.8, 4) is 0 Å². The molecule has 0 aliphatic heterocycles. The van der Waals surface area contributed by atoms with Crippen LogP contribution in [0.1, 0.15) is 72.9 Å². The molecule has 0 heterocycles. The Labute approximate surface area is 230 Å². The highest BCUT2D eigenvalue weighted by molar-refractivity contribution is 5.73. The lowest BCUT2D eigenvalue weighted by Crippen LogP contribution is -2.08.